The molecule has 0 radical (unpaired) electrons. The normalized spacial score (nSPS) is 10.2. The van der Waals surface area contributed by atoms with Crippen LogP contribution < -0.4 is 5.73 Å². The van der Waals surface area contributed by atoms with Gasteiger partial charge in [-0.2, -0.15) is 0 Å². The van der Waals surface area contributed by atoms with Gasteiger partial charge in [0.05, 0.1) is 5.75 Å². The van der Waals surface area contributed by atoms with E-state index in [1.165, 1.54) is 6.26 Å². The van der Waals surface area contributed by atoms with Crippen molar-refractivity contribution in [3.05, 3.63) is 0 Å². The Morgan fingerprint density at radius 2 is 1.88 bits per heavy atom. The molecule has 0 aromatic rings. The van der Waals surface area contributed by atoms with Gasteiger partial charge in [0, 0.05) is 12.8 Å². The smallest absolute Gasteiger partial charge is 0.148 e. The Morgan fingerprint density at radius 3 is 1.88 bits per heavy atom. The van der Waals surface area contributed by atoms with Gasteiger partial charge in [0.15, 0.2) is 0 Å². The Kier molecular flexibility index (Phi) is 5.69. The topological polar surface area (TPSA) is 60.2 Å². The molecule has 52 valence electrons. The highest BCUT2D eigenvalue weighted by Gasteiger charge is 1.95. The number of nitrogens with two attached hydrogens (primary N) is 1. The van der Waals surface area contributed by atoms with Crippen molar-refractivity contribution in [2.24, 2.45) is 5.73 Å². The van der Waals surface area contributed by atoms with Crippen LogP contribution in [-0.2, 0) is 9.84 Å². The van der Waals surface area contributed by atoms with Crippen molar-refractivity contribution in [1.29, 1.82) is 0 Å². The zero-order chi connectivity index (χ0) is 5.91. The minimum absolute atomic E-state index is 0. The highest BCUT2D eigenvalue weighted by Crippen LogP contribution is 1.75. The fourth-order valence-electron chi connectivity index (χ4n) is 0.214. The van der Waals surface area contributed by atoms with Crippen molar-refractivity contribution in [3.8, 4) is 0 Å². The summed E-state index contributed by atoms with van der Waals surface area (Å²) in [5.41, 5.74) is 4.94. The Balaban J connectivity index is 0. The van der Waals surface area contributed by atoms with Crippen molar-refractivity contribution in [1.82, 2.24) is 0 Å². The maximum atomic E-state index is 10.2. The van der Waals surface area contributed by atoms with E-state index < -0.39 is 9.84 Å². The van der Waals surface area contributed by atoms with E-state index in [9.17, 15) is 8.42 Å². The van der Waals surface area contributed by atoms with E-state index in [0.717, 1.165) is 0 Å². The van der Waals surface area contributed by atoms with Crippen molar-refractivity contribution in [3.63, 3.8) is 0 Å². The standard InChI is InChI=1S/C3H9NO2S.ClH/c1-7(5,6)3-2-4;/h2-4H2,1H3;1H. The first kappa shape index (κ1) is 11.1. The molecular weight excluding hydrogens is 150 g/mol. The van der Waals surface area contributed by atoms with Crippen molar-refractivity contribution in [2.75, 3.05) is 18.6 Å². The maximum Gasteiger partial charge on any atom is 0.148 e. The van der Waals surface area contributed by atoms with Gasteiger partial charge in [-0.3, -0.25) is 0 Å². The number of hydrogen-bond acceptors (Lipinski definition) is 3. The Bertz CT molecular complexity index is 130. The van der Waals surface area contributed by atoms with Crippen LogP contribution in [0.3, 0.4) is 0 Å². The fraction of sp³-hybridized carbons (Fsp3) is 1.00. The molecule has 0 aliphatic heterocycles. The molecule has 0 atom stereocenters. The van der Waals surface area contributed by atoms with Gasteiger partial charge in [-0.05, 0) is 0 Å². The summed E-state index contributed by atoms with van der Waals surface area (Å²) >= 11 is 0. The first-order chi connectivity index (χ1) is 3.06. The summed E-state index contributed by atoms with van der Waals surface area (Å²) in [5.74, 6) is 0.0903. The minimum Gasteiger partial charge on any atom is -0.329 e. The molecule has 0 saturated heterocycles. The van der Waals surface area contributed by atoms with Gasteiger partial charge in [-0.1, -0.05) is 0 Å². The van der Waals surface area contributed by atoms with E-state index in [2.05, 4.69) is 0 Å². The number of hydrogen-bond donors (Lipinski definition) is 1. The summed E-state index contributed by atoms with van der Waals surface area (Å²) in [7, 11) is -2.80. The van der Waals surface area contributed by atoms with Gasteiger partial charge in [-0.15, -0.1) is 12.4 Å². The van der Waals surface area contributed by atoms with Crippen molar-refractivity contribution < 1.29 is 8.42 Å². The molecule has 0 bridgehead atoms. The van der Waals surface area contributed by atoms with Crippen LogP contribution in [0.15, 0.2) is 0 Å². The van der Waals surface area contributed by atoms with Gasteiger partial charge in [0.25, 0.3) is 0 Å². The quantitative estimate of drug-likeness (QED) is 0.586. The lowest BCUT2D eigenvalue weighted by molar-refractivity contribution is 0.601. The molecule has 0 unspecified atom stereocenters. The predicted octanol–water partition coefficient (Wildman–Crippen LogP) is -0.588. The number of halogens is 1. The first-order valence-electron chi connectivity index (χ1n) is 1.94. The second-order valence-electron chi connectivity index (χ2n) is 1.42. The van der Waals surface area contributed by atoms with Gasteiger partial charge in [-0.25, -0.2) is 8.42 Å². The zero-order valence-electron chi connectivity index (χ0n) is 4.62. The number of rotatable bonds is 2. The molecule has 3 nitrogen and oxygen atoms in total. The molecule has 0 rings (SSSR count). The van der Waals surface area contributed by atoms with E-state index in [-0.39, 0.29) is 24.7 Å². The molecule has 8 heavy (non-hydrogen) atoms. The summed E-state index contributed by atoms with van der Waals surface area (Å²) in [6, 6.07) is 0. The van der Waals surface area contributed by atoms with Crippen LogP contribution in [0.5, 0.6) is 0 Å². The Labute approximate surface area is 55.6 Å². The van der Waals surface area contributed by atoms with Gasteiger partial charge in [0.1, 0.15) is 9.84 Å². The lowest BCUT2D eigenvalue weighted by atomic mass is 10.8. The molecular formula is C3H10ClNO2S. The number of sulfone groups is 1. The highest BCUT2D eigenvalue weighted by molar-refractivity contribution is 7.90. The second kappa shape index (κ2) is 4.12. The van der Waals surface area contributed by atoms with E-state index in [4.69, 9.17) is 5.73 Å². The van der Waals surface area contributed by atoms with E-state index in [0.29, 0.717) is 0 Å². The van der Waals surface area contributed by atoms with E-state index in [1.54, 1.807) is 0 Å². The fourth-order valence-corrected chi connectivity index (χ4v) is 0.642. The third-order valence-electron chi connectivity index (χ3n) is 0.489. The van der Waals surface area contributed by atoms with Crippen LogP contribution in [0.4, 0.5) is 0 Å². The molecule has 5 heteroatoms. The minimum atomic E-state index is -2.80. The molecule has 0 amide bonds. The molecule has 0 saturated carbocycles. The lowest BCUT2D eigenvalue weighted by Gasteiger charge is -1.87. The molecule has 0 aliphatic rings. The zero-order valence-corrected chi connectivity index (χ0v) is 6.26. The Morgan fingerprint density at radius 1 is 1.50 bits per heavy atom. The summed E-state index contributed by atoms with van der Waals surface area (Å²) in [6.07, 6.45) is 1.17. The van der Waals surface area contributed by atoms with Crippen LogP contribution in [0.2, 0.25) is 0 Å². The highest BCUT2D eigenvalue weighted by atomic mass is 35.5. The molecule has 0 aromatic carbocycles. The van der Waals surface area contributed by atoms with E-state index >= 15 is 0 Å². The monoisotopic (exact) mass is 159 g/mol. The van der Waals surface area contributed by atoms with Gasteiger partial charge < -0.3 is 5.73 Å². The third kappa shape index (κ3) is 9.50. The van der Waals surface area contributed by atoms with Crippen LogP contribution in [0, 0.1) is 0 Å². The summed E-state index contributed by atoms with van der Waals surface area (Å²) < 4.78 is 20.3. The maximum absolute atomic E-state index is 10.2. The van der Waals surface area contributed by atoms with Crippen LogP contribution in [0.1, 0.15) is 0 Å². The SMILES string of the molecule is CS(=O)(=O)CCN.Cl. The van der Waals surface area contributed by atoms with Gasteiger partial charge >= 0.3 is 0 Å². The summed E-state index contributed by atoms with van der Waals surface area (Å²) in [6.45, 7) is 0.221. The summed E-state index contributed by atoms with van der Waals surface area (Å²) in [5, 5.41) is 0. The van der Waals surface area contributed by atoms with Crippen LogP contribution in [-0.4, -0.2) is 27.0 Å². The second-order valence-corrected chi connectivity index (χ2v) is 3.68. The molecule has 0 heterocycles. The molecule has 0 fully saturated rings. The Hall–Kier alpha value is 0.200. The van der Waals surface area contributed by atoms with Crippen molar-refractivity contribution >= 4 is 22.2 Å². The average molecular weight is 160 g/mol. The first-order valence-corrected chi connectivity index (χ1v) is 4.00. The molecule has 0 spiro atoms. The lowest BCUT2D eigenvalue weighted by Crippen LogP contribution is -2.13. The average Bonchev–Trinajstić information content (AvgIpc) is 1.30. The van der Waals surface area contributed by atoms with Crippen LogP contribution in [0.25, 0.3) is 0 Å². The molecule has 0 aliphatic carbocycles. The van der Waals surface area contributed by atoms with Crippen molar-refractivity contribution in [2.45, 2.75) is 0 Å². The van der Waals surface area contributed by atoms with E-state index in [1.807, 2.05) is 0 Å². The van der Waals surface area contributed by atoms with Crippen LogP contribution >= 0.6 is 12.4 Å². The summed E-state index contributed by atoms with van der Waals surface area (Å²) in [4.78, 5) is 0. The molecule has 0 aromatic heterocycles. The largest absolute Gasteiger partial charge is 0.329 e. The molecule has 2 N–H and O–H groups in total. The third-order valence-corrected chi connectivity index (χ3v) is 1.47. The predicted molar refractivity (Wildman–Crippen MR) is 36.0 cm³/mol. The van der Waals surface area contributed by atoms with Gasteiger partial charge in [0.2, 0.25) is 0 Å².